The van der Waals surface area contributed by atoms with Crippen LogP contribution in [0.3, 0.4) is 0 Å². The van der Waals surface area contributed by atoms with Gasteiger partial charge in [-0.3, -0.25) is 4.79 Å². The van der Waals surface area contributed by atoms with Gasteiger partial charge in [-0.05, 0) is 32.1 Å². The number of carbonyl (C=O) groups is 1. The van der Waals surface area contributed by atoms with Crippen molar-refractivity contribution >= 4 is 5.91 Å². The van der Waals surface area contributed by atoms with Gasteiger partial charge in [0.2, 0.25) is 5.91 Å². The fourth-order valence-electron chi connectivity index (χ4n) is 7.55. The molecule has 1 aliphatic heterocycles. The zero-order valence-electron chi connectivity index (χ0n) is 35.7. The maximum Gasteiger partial charge on any atom is 0.220 e. The Labute approximate surface area is 337 Å². The molecule has 0 aromatic heterocycles. The quantitative estimate of drug-likeness (QED) is 0.0267. The lowest BCUT2D eigenvalue weighted by Crippen LogP contribution is -2.60. The van der Waals surface area contributed by atoms with Crippen LogP contribution in [0.25, 0.3) is 0 Å². The van der Waals surface area contributed by atoms with Crippen molar-refractivity contribution in [2.45, 2.75) is 262 Å². The third kappa shape index (κ3) is 28.1. The Morgan fingerprint density at radius 2 is 1.04 bits per heavy atom. The predicted octanol–water partition coefficient (Wildman–Crippen LogP) is 9.73. The molecular weight excluding hydrogens is 695 g/mol. The van der Waals surface area contributed by atoms with Crippen molar-refractivity contribution in [3.8, 4) is 0 Å². The smallest absolute Gasteiger partial charge is 0.220 e. The van der Waals surface area contributed by atoms with Crippen LogP contribution >= 0.6 is 0 Å². The topological polar surface area (TPSA) is 149 Å². The number of rotatable bonds is 39. The molecule has 7 unspecified atom stereocenters. The Morgan fingerprint density at radius 1 is 0.600 bits per heavy atom. The molecule has 1 saturated heterocycles. The first-order valence-corrected chi connectivity index (χ1v) is 23.4. The first-order chi connectivity index (χ1) is 26.8. The minimum absolute atomic E-state index is 0.140. The Hall–Kier alpha value is -1.07. The van der Waals surface area contributed by atoms with E-state index in [1.54, 1.807) is 0 Å². The molecule has 0 aromatic rings. The highest BCUT2D eigenvalue weighted by atomic mass is 16.7. The summed E-state index contributed by atoms with van der Waals surface area (Å²) in [7, 11) is 0. The number of amides is 1. The number of aliphatic hydroxyl groups is 5. The molecular formula is C46H89NO8. The second kappa shape index (κ2) is 37.2. The number of carbonyl (C=O) groups excluding carboxylic acids is 1. The molecule has 9 nitrogen and oxygen atoms in total. The second-order valence-electron chi connectivity index (χ2n) is 16.6. The van der Waals surface area contributed by atoms with Gasteiger partial charge in [-0.1, -0.05) is 193 Å². The van der Waals surface area contributed by atoms with Crippen molar-refractivity contribution in [3.63, 3.8) is 0 Å². The summed E-state index contributed by atoms with van der Waals surface area (Å²) in [6.45, 7) is 3.79. The van der Waals surface area contributed by atoms with Crippen LogP contribution in [-0.4, -0.2) is 87.5 Å². The summed E-state index contributed by atoms with van der Waals surface area (Å²) < 4.78 is 11.2. The second-order valence-corrected chi connectivity index (χ2v) is 16.6. The molecule has 7 atom stereocenters. The van der Waals surface area contributed by atoms with Gasteiger partial charge >= 0.3 is 0 Å². The zero-order chi connectivity index (χ0) is 40.2. The Bertz CT molecular complexity index is 873. The van der Waals surface area contributed by atoms with Crippen molar-refractivity contribution in [3.05, 3.63) is 12.2 Å². The molecule has 6 N–H and O–H groups in total. The maximum atomic E-state index is 12.9. The zero-order valence-corrected chi connectivity index (χ0v) is 35.7. The van der Waals surface area contributed by atoms with Crippen molar-refractivity contribution in [2.75, 3.05) is 13.2 Å². The molecule has 0 radical (unpaired) electrons. The third-order valence-corrected chi connectivity index (χ3v) is 11.4. The van der Waals surface area contributed by atoms with E-state index >= 15 is 0 Å². The fraction of sp³-hybridized carbons (Fsp3) is 0.935. The SMILES string of the molecule is CCCC/C=C\CCCCCCC(=O)NC(COC1OC(CO)C(O)C(O)C1O)C(O)CCCCCCCCCCCCCCCCCCCCCCCC. The van der Waals surface area contributed by atoms with Crippen LogP contribution < -0.4 is 5.32 Å². The van der Waals surface area contributed by atoms with Crippen molar-refractivity contribution in [1.29, 1.82) is 0 Å². The van der Waals surface area contributed by atoms with Crippen LogP contribution in [0.1, 0.15) is 219 Å². The van der Waals surface area contributed by atoms with E-state index in [-0.39, 0.29) is 12.5 Å². The van der Waals surface area contributed by atoms with Gasteiger partial charge in [0, 0.05) is 6.42 Å². The van der Waals surface area contributed by atoms with Gasteiger partial charge in [0.1, 0.15) is 24.4 Å². The number of ether oxygens (including phenoxy) is 2. The average molecular weight is 784 g/mol. The summed E-state index contributed by atoms with van der Waals surface area (Å²) in [5, 5.41) is 54.3. The van der Waals surface area contributed by atoms with Gasteiger partial charge in [0.25, 0.3) is 0 Å². The molecule has 1 rings (SSSR count). The number of allylic oxidation sites excluding steroid dienone is 2. The molecule has 1 heterocycles. The summed E-state index contributed by atoms with van der Waals surface area (Å²) >= 11 is 0. The molecule has 326 valence electrons. The highest BCUT2D eigenvalue weighted by molar-refractivity contribution is 5.76. The van der Waals surface area contributed by atoms with Gasteiger partial charge in [-0.25, -0.2) is 0 Å². The van der Waals surface area contributed by atoms with Crippen LogP contribution in [0, 0.1) is 0 Å². The van der Waals surface area contributed by atoms with Crippen LogP contribution in [-0.2, 0) is 14.3 Å². The van der Waals surface area contributed by atoms with Crippen LogP contribution in [0.5, 0.6) is 0 Å². The van der Waals surface area contributed by atoms with E-state index in [0.717, 1.165) is 57.8 Å². The Balaban J connectivity index is 2.25. The van der Waals surface area contributed by atoms with Crippen molar-refractivity contribution < 1.29 is 39.8 Å². The minimum atomic E-state index is -1.55. The van der Waals surface area contributed by atoms with E-state index in [1.165, 1.54) is 135 Å². The van der Waals surface area contributed by atoms with E-state index in [2.05, 4.69) is 31.3 Å². The first-order valence-electron chi connectivity index (χ1n) is 23.4. The van der Waals surface area contributed by atoms with Crippen LogP contribution in [0.2, 0.25) is 0 Å². The van der Waals surface area contributed by atoms with Gasteiger partial charge in [0.15, 0.2) is 6.29 Å². The molecule has 0 aromatic carbocycles. The normalized spacial score (nSPS) is 21.3. The summed E-state index contributed by atoms with van der Waals surface area (Å²) in [5.41, 5.74) is 0. The van der Waals surface area contributed by atoms with Gasteiger partial charge in [-0.2, -0.15) is 0 Å². The standard InChI is InChI=1S/C46H89NO8/c1-3-5-7-9-11-13-15-16-17-18-19-20-21-22-23-24-25-26-27-29-31-33-35-40(49)39(38-54-46-45(53)44(52)43(51)41(37-48)55-46)47-42(50)36-34-32-30-28-14-12-10-8-6-4-2/h10,12,39-41,43-46,48-49,51-53H,3-9,11,13-38H2,1-2H3,(H,47,50)/b12-10-. The molecule has 55 heavy (non-hydrogen) atoms. The molecule has 0 aliphatic carbocycles. The lowest BCUT2D eigenvalue weighted by atomic mass is 9.99. The molecule has 0 bridgehead atoms. The van der Waals surface area contributed by atoms with Crippen LogP contribution in [0.15, 0.2) is 12.2 Å². The number of hydrogen-bond acceptors (Lipinski definition) is 8. The summed E-state index contributed by atoms with van der Waals surface area (Å²) in [6, 6.07) is -0.719. The first kappa shape index (κ1) is 51.9. The number of aliphatic hydroxyl groups excluding tert-OH is 5. The lowest BCUT2D eigenvalue weighted by molar-refractivity contribution is -0.302. The monoisotopic (exact) mass is 784 g/mol. The predicted molar refractivity (Wildman–Crippen MR) is 226 cm³/mol. The molecule has 0 saturated carbocycles. The summed E-state index contributed by atoms with van der Waals surface area (Å²) in [6.07, 6.45) is 35.2. The largest absolute Gasteiger partial charge is 0.394 e. The number of hydrogen-bond donors (Lipinski definition) is 6. The maximum absolute atomic E-state index is 12.9. The Kier molecular flexibility index (Phi) is 35.2. The van der Waals surface area contributed by atoms with E-state index in [1.807, 2.05) is 0 Å². The Morgan fingerprint density at radius 3 is 1.53 bits per heavy atom. The van der Waals surface area contributed by atoms with Gasteiger partial charge < -0.3 is 40.3 Å². The highest BCUT2D eigenvalue weighted by Gasteiger charge is 2.44. The number of nitrogens with one attached hydrogen (secondary N) is 1. The van der Waals surface area contributed by atoms with E-state index in [9.17, 15) is 30.3 Å². The lowest BCUT2D eigenvalue weighted by Gasteiger charge is -2.40. The van der Waals surface area contributed by atoms with Crippen molar-refractivity contribution in [2.24, 2.45) is 0 Å². The molecule has 9 heteroatoms. The average Bonchev–Trinajstić information content (AvgIpc) is 3.18. The van der Waals surface area contributed by atoms with E-state index in [4.69, 9.17) is 9.47 Å². The van der Waals surface area contributed by atoms with Gasteiger partial charge in [-0.15, -0.1) is 0 Å². The summed E-state index contributed by atoms with van der Waals surface area (Å²) in [5.74, 6) is -0.157. The minimum Gasteiger partial charge on any atom is -0.394 e. The molecule has 1 amide bonds. The molecule has 1 aliphatic rings. The highest BCUT2D eigenvalue weighted by Crippen LogP contribution is 2.23. The van der Waals surface area contributed by atoms with Crippen molar-refractivity contribution in [1.82, 2.24) is 5.32 Å². The van der Waals surface area contributed by atoms with E-state index in [0.29, 0.717) is 12.8 Å². The van der Waals surface area contributed by atoms with Crippen LogP contribution in [0.4, 0.5) is 0 Å². The number of unbranched alkanes of at least 4 members (excludes halogenated alkanes) is 27. The molecule has 0 spiro atoms. The van der Waals surface area contributed by atoms with E-state index < -0.39 is 49.5 Å². The molecule has 1 fully saturated rings. The third-order valence-electron chi connectivity index (χ3n) is 11.4. The fourth-order valence-corrected chi connectivity index (χ4v) is 7.55. The summed E-state index contributed by atoms with van der Waals surface area (Å²) in [4.78, 5) is 12.9. The van der Waals surface area contributed by atoms with Gasteiger partial charge in [0.05, 0.1) is 25.4 Å².